The summed E-state index contributed by atoms with van der Waals surface area (Å²) in [6.45, 7) is 9.37. The number of benzene rings is 1. The van der Waals surface area contributed by atoms with Crippen LogP contribution in [-0.4, -0.2) is 9.55 Å². The second kappa shape index (κ2) is 5.90. The molecule has 21 heavy (non-hydrogen) atoms. The zero-order valence-corrected chi connectivity index (χ0v) is 14.4. The Morgan fingerprint density at radius 3 is 2.43 bits per heavy atom. The van der Waals surface area contributed by atoms with Crippen molar-refractivity contribution in [2.24, 2.45) is 0 Å². The molecule has 0 amide bonds. The van der Waals surface area contributed by atoms with E-state index in [1.807, 2.05) is 6.07 Å². The smallest absolute Gasteiger partial charge is 0.131 e. The van der Waals surface area contributed by atoms with Crippen LogP contribution in [0.2, 0.25) is 10.0 Å². The second-order valence-electron chi connectivity index (χ2n) is 6.20. The molecule has 5 heteroatoms. The monoisotopic (exact) mass is 325 g/mol. The van der Waals surface area contributed by atoms with Crippen molar-refractivity contribution < 1.29 is 0 Å². The van der Waals surface area contributed by atoms with E-state index < -0.39 is 0 Å². The highest BCUT2D eigenvalue weighted by Crippen LogP contribution is 2.36. The van der Waals surface area contributed by atoms with Gasteiger partial charge >= 0.3 is 0 Å². The largest absolute Gasteiger partial charge is 0.383 e. The Bertz CT molecular complexity index is 654. The van der Waals surface area contributed by atoms with Gasteiger partial charge in [-0.3, -0.25) is 0 Å². The number of rotatable bonds is 3. The summed E-state index contributed by atoms with van der Waals surface area (Å²) in [4.78, 5) is 4.77. The van der Waals surface area contributed by atoms with Crippen LogP contribution >= 0.6 is 23.2 Å². The van der Waals surface area contributed by atoms with E-state index in [0.717, 1.165) is 30.0 Å². The number of imidazole rings is 1. The highest BCUT2D eigenvalue weighted by Gasteiger charge is 2.25. The molecule has 0 aliphatic carbocycles. The number of nitrogens with zero attached hydrogens (tertiary/aromatic N) is 2. The molecule has 1 aromatic heterocycles. The fourth-order valence-electron chi connectivity index (χ4n) is 2.37. The van der Waals surface area contributed by atoms with Gasteiger partial charge in [-0.15, -0.1) is 0 Å². The molecule has 2 N–H and O–H groups in total. The quantitative estimate of drug-likeness (QED) is 0.848. The van der Waals surface area contributed by atoms with Gasteiger partial charge in [0, 0.05) is 22.5 Å². The molecule has 0 fully saturated rings. The Balaban J connectivity index is 2.65. The molecule has 0 radical (unpaired) electrons. The second-order valence-corrected chi connectivity index (χ2v) is 7.04. The molecule has 0 aliphatic rings. The predicted octanol–water partition coefficient (Wildman–Crippen LogP) is 5.15. The van der Waals surface area contributed by atoms with Crippen LogP contribution in [0.25, 0.3) is 11.3 Å². The van der Waals surface area contributed by atoms with Gasteiger partial charge in [-0.2, -0.15) is 0 Å². The van der Waals surface area contributed by atoms with Crippen molar-refractivity contribution >= 4 is 29.0 Å². The van der Waals surface area contributed by atoms with Crippen molar-refractivity contribution in [1.82, 2.24) is 9.55 Å². The minimum absolute atomic E-state index is 0.0829. The van der Waals surface area contributed by atoms with Crippen LogP contribution in [-0.2, 0) is 12.0 Å². The number of nitrogens with two attached hydrogens (primary N) is 1. The number of hydrogen-bond donors (Lipinski definition) is 1. The van der Waals surface area contributed by atoms with E-state index in [4.69, 9.17) is 33.9 Å². The van der Waals surface area contributed by atoms with Gasteiger partial charge in [0.1, 0.15) is 17.3 Å². The minimum Gasteiger partial charge on any atom is -0.383 e. The molecule has 0 unspecified atom stereocenters. The highest BCUT2D eigenvalue weighted by atomic mass is 35.5. The third kappa shape index (κ3) is 3.19. The van der Waals surface area contributed by atoms with Crippen LogP contribution in [0, 0.1) is 0 Å². The zero-order valence-electron chi connectivity index (χ0n) is 12.9. The first-order valence-corrected chi connectivity index (χ1v) is 7.83. The molecule has 2 rings (SSSR count). The normalized spacial score (nSPS) is 11.9. The summed E-state index contributed by atoms with van der Waals surface area (Å²) in [5.41, 5.74) is 7.80. The van der Waals surface area contributed by atoms with Crippen LogP contribution in [0.5, 0.6) is 0 Å². The highest BCUT2D eigenvalue weighted by molar-refractivity contribution is 6.36. The molecule has 114 valence electrons. The minimum atomic E-state index is -0.0829. The van der Waals surface area contributed by atoms with Gasteiger partial charge in [0.25, 0.3) is 0 Å². The average molecular weight is 326 g/mol. The topological polar surface area (TPSA) is 43.8 Å². The summed E-state index contributed by atoms with van der Waals surface area (Å²) in [6.07, 6.45) is 0.997. The van der Waals surface area contributed by atoms with E-state index in [1.165, 1.54) is 0 Å². The Hall–Kier alpha value is -1.19. The summed E-state index contributed by atoms with van der Waals surface area (Å²) in [5, 5.41) is 1.17. The van der Waals surface area contributed by atoms with Crippen molar-refractivity contribution in [2.45, 2.75) is 46.1 Å². The summed E-state index contributed by atoms with van der Waals surface area (Å²) < 4.78 is 2.08. The van der Waals surface area contributed by atoms with Crippen LogP contribution in [0.15, 0.2) is 18.2 Å². The molecule has 0 saturated carbocycles. The fraction of sp³-hybridized carbons (Fsp3) is 0.438. The van der Waals surface area contributed by atoms with Gasteiger partial charge in [-0.25, -0.2) is 4.98 Å². The van der Waals surface area contributed by atoms with Gasteiger partial charge in [0.2, 0.25) is 0 Å². The molecular weight excluding hydrogens is 305 g/mol. The van der Waals surface area contributed by atoms with E-state index >= 15 is 0 Å². The van der Waals surface area contributed by atoms with E-state index in [0.29, 0.717) is 15.9 Å². The Morgan fingerprint density at radius 2 is 1.90 bits per heavy atom. The summed E-state index contributed by atoms with van der Waals surface area (Å²) in [5.74, 6) is 1.63. The van der Waals surface area contributed by atoms with Crippen molar-refractivity contribution in [3.8, 4) is 11.3 Å². The number of anilines is 1. The lowest BCUT2D eigenvalue weighted by molar-refractivity contribution is 0.498. The van der Waals surface area contributed by atoms with Crippen LogP contribution in [0.4, 0.5) is 5.82 Å². The summed E-state index contributed by atoms with van der Waals surface area (Å²) in [7, 11) is 0. The van der Waals surface area contributed by atoms with E-state index in [-0.39, 0.29) is 5.41 Å². The maximum atomic E-state index is 6.33. The zero-order chi connectivity index (χ0) is 15.8. The summed E-state index contributed by atoms with van der Waals surface area (Å²) in [6, 6.07) is 5.39. The van der Waals surface area contributed by atoms with Gasteiger partial charge in [0.15, 0.2) is 0 Å². The molecule has 0 aliphatic heterocycles. The van der Waals surface area contributed by atoms with E-state index in [9.17, 15) is 0 Å². The van der Waals surface area contributed by atoms with Gasteiger partial charge in [-0.05, 0) is 24.6 Å². The van der Waals surface area contributed by atoms with Crippen molar-refractivity contribution in [2.75, 3.05) is 5.73 Å². The van der Waals surface area contributed by atoms with E-state index in [1.54, 1.807) is 12.1 Å². The molecule has 1 aromatic carbocycles. The fourth-order valence-corrected chi connectivity index (χ4v) is 2.87. The first-order chi connectivity index (χ1) is 9.75. The Labute approximate surface area is 136 Å². The Kier molecular flexibility index (Phi) is 4.54. The molecule has 0 bridgehead atoms. The van der Waals surface area contributed by atoms with Crippen LogP contribution in [0.3, 0.4) is 0 Å². The van der Waals surface area contributed by atoms with Gasteiger partial charge < -0.3 is 10.3 Å². The maximum Gasteiger partial charge on any atom is 0.131 e. The Morgan fingerprint density at radius 1 is 1.24 bits per heavy atom. The standard InChI is InChI=1S/C16H21Cl2N3/c1-5-8-21-14(19)13(20-15(21)16(2,3)4)11-7-6-10(17)9-12(11)18/h6-7,9H,5,8,19H2,1-4H3. The molecule has 0 spiro atoms. The van der Waals surface area contributed by atoms with Crippen LogP contribution < -0.4 is 5.73 Å². The summed E-state index contributed by atoms with van der Waals surface area (Å²) >= 11 is 12.3. The first-order valence-electron chi connectivity index (χ1n) is 7.07. The lowest BCUT2D eigenvalue weighted by Gasteiger charge is -2.19. The molecule has 0 saturated heterocycles. The van der Waals surface area contributed by atoms with Crippen molar-refractivity contribution in [3.05, 3.63) is 34.1 Å². The molecule has 1 heterocycles. The third-order valence-corrected chi connectivity index (χ3v) is 3.86. The number of aromatic nitrogens is 2. The first kappa shape index (κ1) is 16.2. The molecule has 2 aromatic rings. The number of nitrogen functional groups attached to an aromatic ring is 1. The van der Waals surface area contributed by atoms with Crippen LogP contribution in [0.1, 0.15) is 39.9 Å². The van der Waals surface area contributed by atoms with Gasteiger partial charge in [-0.1, -0.05) is 50.9 Å². The molecule has 0 atom stereocenters. The average Bonchev–Trinajstić information content (AvgIpc) is 2.68. The lowest BCUT2D eigenvalue weighted by Crippen LogP contribution is -2.19. The van der Waals surface area contributed by atoms with Gasteiger partial charge in [0.05, 0.1) is 5.02 Å². The maximum absolute atomic E-state index is 6.33. The SMILES string of the molecule is CCCn1c(C(C)(C)C)nc(-c2ccc(Cl)cc2Cl)c1N. The predicted molar refractivity (Wildman–Crippen MR) is 91.1 cm³/mol. The lowest BCUT2D eigenvalue weighted by atomic mass is 9.95. The number of halogens is 2. The molecular formula is C16H21Cl2N3. The number of hydrogen-bond acceptors (Lipinski definition) is 2. The molecule has 3 nitrogen and oxygen atoms in total. The van der Waals surface area contributed by atoms with E-state index in [2.05, 4.69) is 32.3 Å². The van der Waals surface area contributed by atoms with Crippen molar-refractivity contribution in [3.63, 3.8) is 0 Å². The van der Waals surface area contributed by atoms with Crippen molar-refractivity contribution in [1.29, 1.82) is 0 Å². The third-order valence-electron chi connectivity index (χ3n) is 3.31.